The van der Waals surface area contributed by atoms with E-state index in [-0.39, 0.29) is 0 Å². The molecule has 2 aromatic carbocycles. The van der Waals surface area contributed by atoms with Crippen molar-refractivity contribution in [2.45, 2.75) is 13.3 Å². The zero-order chi connectivity index (χ0) is 10.7. The average molecular weight is 199 g/mol. The molecule has 2 nitrogen and oxygen atoms in total. The lowest BCUT2D eigenvalue weighted by atomic mass is 10.0. The van der Waals surface area contributed by atoms with E-state index >= 15 is 0 Å². The first-order valence-corrected chi connectivity index (χ1v) is 4.95. The number of nitrogens with zero attached hydrogens (tertiary/aromatic N) is 1. The topological polar surface area (TPSA) is 32.6 Å². The van der Waals surface area contributed by atoms with Crippen LogP contribution in [-0.2, 0) is 6.42 Å². The molecule has 0 aromatic heterocycles. The third kappa shape index (κ3) is 2.15. The smallest absolute Gasteiger partial charge is 0.0583 e. The molecular formula is C13H13NO. The lowest BCUT2D eigenvalue weighted by molar-refractivity contribution is 0.317. The Morgan fingerprint density at radius 2 is 1.87 bits per heavy atom. The van der Waals surface area contributed by atoms with Gasteiger partial charge in [-0.3, -0.25) is 0 Å². The fourth-order valence-electron chi connectivity index (χ4n) is 1.68. The number of benzene rings is 2. The van der Waals surface area contributed by atoms with Crippen molar-refractivity contribution >= 4 is 16.5 Å². The van der Waals surface area contributed by atoms with Crippen molar-refractivity contribution in [2.75, 3.05) is 0 Å². The minimum atomic E-state index is 0.696. The maximum Gasteiger partial charge on any atom is 0.0583 e. The highest BCUT2D eigenvalue weighted by Gasteiger charge is 1.98. The first-order valence-electron chi connectivity index (χ1n) is 4.95. The van der Waals surface area contributed by atoms with Crippen LogP contribution < -0.4 is 0 Å². The molecule has 0 saturated carbocycles. The van der Waals surface area contributed by atoms with Crippen LogP contribution in [0.15, 0.2) is 47.6 Å². The second kappa shape index (κ2) is 4.13. The molecule has 2 aromatic rings. The van der Waals surface area contributed by atoms with E-state index in [1.807, 2.05) is 19.1 Å². The molecule has 0 aliphatic heterocycles. The molecule has 0 fully saturated rings. The van der Waals surface area contributed by atoms with E-state index in [0.717, 1.165) is 5.71 Å². The molecule has 0 unspecified atom stereocenters. The van der Waals surface area contributed by atoms with E-state index in [4.69, 9.17) is 5.21 Å². The van der Waals surface area contributed by atoms with Crippen LogP contribution in [0.3, 0.4) is 0 Å². The van der Waals surface area contributed by atoms with Crippen molar-refractivity contribution in [2.24, 2.45) is 5.16 Å². The molecule has 0 heterocycles. The minimum Gasteiger partial charge on any atom is -0.411 e. The predicted molar refractivity (Wildman–Crippen MR) is 62.5 cm³/mol. The first-order chi connectivity index (χ1) is 7.29. The number of oxime groups is 1. The van der Waals surface area contributed by atoms with Crippen LogP contribution in [0.1, 0.15) is 12.5 Å². The predicted octanol–water partition coefficient (Wildman–Crippen LogP) is 3.23. The van der Waals surface area contributed by atoms with E-state index in [1.54, 1.807) is 0 Å². The number of rotatable bonds is 2. The highest BCUT2D eigenvalue weighted by Crippen LogP contribution is 2.16. The molecule has 0 bridgehead atoms. The van der Waals surface area contributed by atoms with Gasteiger partial charge in [0.15, 0.2) is 0 Å². The Morgan fingerprint density at radius 1 is 1.13 bits per heavy atom. The molecule has 0 saturated heterocycles. The van der Waals surface area contributed by atoms with E-state index in [1.165, 1.54) is 16.3 Å². The van der Waals surface area contributed by atoms with Crippen LogP contribution in [0.5, 0.6) is 0 Å². The molecular weight excluding hydrogens is 186 g/mol. The Balaban J connectivity index is 2.39. The molecule has 0 aliphatic rings. The maximum absolute atomic E-state index is 8.60. The zero-order valence-corrected chi connectivity index (χ0v) is 8.64. The standard InChI is InChI=1S/C13H13NO/c1-10(14-15)8-11-6-7-12-4-2-3-5-13(12)9-11/h2-7,9,15H,8H2,1H3. The Bertz CT molecular complexity index is 503. The monoisotopic (exact) mass is 199 g/mol. The van der Waals surface area contributed by atoms with Gasteiger partial charge in [0.1, 0.15) is 0 Å². The zero-order valence-electron chi connectivity index (χ0n) is 8.64. The van der Waals surface area contributed by atoms with E-state index < -0.39 is 0 Å². The molecule has 0 aliphatic carbocycles. The summed E-state index contributed by atoms with van der Waals surface area (Å²) in [6.07, 6.45) is 0.696. The highest BCUT2D eigenvalue weighted by molar-refractivity contribution is 5.87. The van der Waals surface area contributed by atoms with Gasteiger partial charge >= 0.3 is 0 Å². The second-order valence-corrected chi connectivity index (χ2v) is 3.69. The molecule has 1 N–H and O–H groups in total. The van der Waals surface area contributed by atoms with Gasteiger partial charge in [-0.05, 0) is 23.3 Å². The van der Waals surface area contributed by atoms with Crippen LogP contribution in [-0.4, -0.2) is 10.9 Å². The largest absolute Gasteiger partial charge is 0.411 e. The van der Waals surface area contributed by atoms with Crippen LogP contribution >= 0.6 is 0 Å². The molecule has 0 spiro atoms. The summed E-state index contributed by atoms with van der Waals surface area (Å²) in [4.78, 5) is 0. The van der Waals surface area contributed by atoms with E-state index in [0.29, 0.717) is 6.42 Å². The van der Waals surface area contributed by atoms with Gasteiger partial charge in [0.05, 0.1) is 5.71 Å². The molecule has 0 atom stereocenters. The molecule has 2 heteroatoms. The van der Waals surface area contributed by atoms with Crippen molar-refractivity contribution in [3.63, 3.8) is 0 Å². The summed E-state index contributed by atoms with van der Waals surface area (Å²) in [6.45, 7) is 1.81. The number of hydrogen-bond donors (Lipinski definition) is 1. The Morgan fingerprint density at radius 3 is 2.60 bits per heavy atom. The lowest BCUT2D eigenvalue weighted by Gasteiger charge is -2.02. The van der Waals surface area contributed by atoms with Crippen molar-refractivity contribution < 1.29 is 5.21 Å². The van der Waals surface area contributed by atoms with Gasteiger partial charge in [-0.1, -0.05) is 47.6 Å². The third-order valence-corrected chi connectivity index (χ3v) is 2.44. The number of hydrogen-bond acceptors (Lipinski definition) is 2. The van der Waals surface area contributed by atoms with Crippen LogP contribution in [0.2, 0.25) is 0 Å². The molecule has 76 valence electrons. The van der Waals surface area contributed by atoms with Crippen molar-refractivity contribution in [3.8, 4) is 0 Å². The van der Waals surface area contributed by atoms with Crippen molar-refractivity contribution in [3.05, 3.63) is 48.0 Å². The molecule has 2 rings (SSSR count). The highest BCUT2D eigenvalue weighted by atomic mass is 16.4. The van der Waals surface area contributed by atoms with Gasteiger partial charge in [-0.2, -0.15) is 0 Å². The van der Waals surface area contributed by atoms with Gasteiger partial charge in [0.25, 0.3) is 0 Å². The van der Waals surface area contributed by atoms with Crippen molar-refractivity contribution in [1.29, 1.82) is 0 Å². The Labute approximate surface area is 88.9 Å². The van der Waals surface area contributed by atoms with Crippen LogP contribution in [0.4, 0.5) is 0 Å². The SMILES string of the molecule is CC(Cc1ccc2ccccc2c1)=NO. The normalized spacial score (nSPS) is 11.9. The maximum atomic E-state index is 8.60. The van der Waals surface area contributed by atoms with E-state index in [2.05, 4.69) is 35.5 Å². The fraction of sp³-hybridized carbons (Fsp3) is 0.154. The third-order valence-electron chi connectivity index (χ3n) is 2.44. The van der Waals surface area contributed by atoms with Crippen molar-refractivity contribution in [1.82, 2.24) is 0 Å². The fourth-order valence-corrected chi connectivity index (χ4v) is 1.68. The molecule has 15 heavy (non-hydrogen) atoms. The Kier molecular flexibility index (Phi) is 2.68. The van der Waals surface area contributed by atoms with E-state index in [9.17, 15) is 0 Å². The molecule has 0 amide bonds. The quantitative estimate of drug-likeness (QED) is 0.449. The summed E-state index contributed by atoms with van der Waals surface area (Å²) in [5.74, 6) is 0. The summed E-state index contributed by atoms with van der Waals surface area (Å²) in [5, 5.41) is 14.2. The molecule has 0 radical (unpaired) electrons. The lowest BCUT2D eigenvalue weighted by Crippen LogP contribution is -1.96. The summed E-state index contributed by atoms with van der Waals surface area (Å²) < 4.78 is 0. The van der Waals surface area contributed by atoms with Gasteiger partial charge < -0.3 is 5.21 Å². The van der Waals surface area contributed by atoms with Gasteiger partial charge in [0.2, 0.25) is 0 Å². The summed E-state index contributed by atoms with van der Waals surface area (Å²) in [5.41, 5.74) is 1.90. The number of fused-ring (bicyclic) bond motifs is 1. The average Bonchev–Trinajstić information content (AvgIpc) is 2.29. The van der Waals surface area contributed by atoms with Crippen LogP contribution in [0.25, 0.3) is 10.8 Å². The van der Waals surface area contributed by atoms with Crippen LogP contribution in [0, 0.1) is 0 Å². The van der Waals surface area contributed by atoms with Gasteiger partial charge in [0, 0.05) is 6.42 Å². The first kappa shape index (κ1) is 9.71. The second-order valence-electron chi connectivity index (χ2n) is 3.69. The summed E-state index contributed by atoms with van der Waals surface area (Å²) in [6, 6.07) is 14.5. The summed E-state index contributed by atoms with van der Waals surface area (Å²) in [7, 11) is 0. The van der Waals surface area contributed by atoms with Gasteiger partial charge in [-0.15, -0.1) is 0 Å². The Hall–Kier alpha value is -1.83. The summed E-state index contributed by atoms with van der Waals surface area (Å²) >= 11 is 0. The van der Waals surface area contributed by atoms with Gasteiger partial charge in [-0.25, -0.2) is 0 Å². The minimum absolute atomic E-state index is 0.696.